The van der Waals surface area contributed by atoms with Crippen LogP contribution in [0.5, 0.6) is 0 Å². The van der Waals surface area contributed by atoms with Gasteiger partial charge in [0.15, 0.2) is 0 Å². The number of benzene rings is 1. The number of rotatable bonds is 1. The Balaban J connectivity index is 2.09. The third-order valence-corrected chi connectivity index (χ3v) is 4.02. The second-order valence-corrected chi connectivity index (χ2v) is 5.64. The lowest BCUT2D eigenvalue weighted by Crippen LogP contribution is -2.24. The van der Waals surface area contributed by atoms with E-state index >= 15 is 0 Å². The summed E-state index contributed by atoms with van der Waals surface area (Å²) in [4.78, 5) is 12.2. The first-order chi connectivity index (χ1) is 9.16. The Morgan fingerprint density at radius 1 is 1.16 bits per heavy atom. The molecule has 0 unspecified atom stereocenters. The van der Waals surface area contributed by atoms with Gasteiger partial charge in [-0.15, -0.1) is 0 Å². The van der Waals surface area contributed by atoms with E-state index in [4.69, 9.17) is 0 Å². The van der Waals surface area contributed by atoms with Crippen LogP contribution < -0.4 is 10.6 Å². The summed E-state index contributed by atoms with van der Waals surface area (Å²) < 4.78 is 0. The highest BCUT2D eigenvalue weighted by Gasteiger charge is 2.28. The Bertz CT molecular complexity index is 550. The van der Waals surface area contributed by atoms with E-state index in [0.29, 0.717) is 5.92 Å². The number of nitrogens with one attached hydrogen (secondary N) is 2. The van der Waals surface area contributed by atoms with Crippen molar-refractivity contribution >= 4 is 17.2 Å². The highest BCUT2D eigenvalue weighted by atomic mass is 16.2. The van der Waals surface area contributed by atoms with Crippen LogP contribution in [0.2, 0.25) is 0 Å². The molecule has 1 saturated heterocycles. The Labute approximate surface area is 114 Å². The van der Waals surface area contributed by atoms with Gasteiger partial charge in [-0.1, -0.05) is 25.5 Å². The Morgan fingerprint density at radius 3 is 2.58 bits per heavy atom. The van der Waals surface area contributed by atoms with Crippen molar-refractivity contribution in [3.63, 3.8) is 0 Å². The van der Waals surface area contributed by atoms with Gasteiger partial charge >= 0.3 is 0 Å². The summed E-state index contributed by atoms with van der Waals surface area (Å²) in [5.41, 5.74) is 5.60. The number of carbonyl (C=O) groups is 1. The highest BCUT2D eigenvalue weighted by Crippen LogP contribution is 2.37. The predicted octanol–water partition coefficient (Wildman–Crippen LogP) is 2.90. The van der Waals surface area contributed by atoms with Crippen LogP contribution in [0.25, 0.3) is 5.57 Å². The predicted molar refractivity (Wildman–Crippen MR) is 78.2 cm³/mol. The normalized spacial score (nSPS) is 18.8. The SMILES string of the molecule is CC(C)c1ccc2c(c1)C(=C1CCNCC1)C(=O)N2. The lowest BCUT2D eigenvalue weighted by atomic mass is 9.92. The van der Waals surface area contributed by atoms with Crippen LogP contribution in [-0.4, -0.2) is 19.0 Å². The van der Waals surface area contributed by atoms with Crippen LogP contribution >= 0.6 is 0 Å². The van der Waals surface area contributed by atoms with Crippen molar-refractivity contribution < 1.29 is 4.79 Å². The maximum Gasteiger partial charge on any atom is 0.256 e. The zero-order valence-electron chi connectivity index (χ0n) is 11.5. The molecule has 0 aliphatic carbocycles. The van der Waals surface area contributed by atoms with E-state index in [1.54, 1.807) is 0 Å². The van der Waals surface area contributed by atoms with Crippen molar-refractivity contribution in [1.29, 1.82) is 0 Å². The molecule has 1 fully saturated rings. The second kappa shape index (κ2) is 4.82. The largest absolute Gasteiger partial charge is 0.321 e. The molecule has 0 saturated carbocycles. The zero-order chi connectivity index (χ0) is 13.4. The number of amides is 1. The Kier molecular flexibility index (Phi) is 3.15. The first-order valence-electron chi connectivity index (χ1n) is 7.05. The molecule has 2 heterocycles. The average Bonchev–Trinajstić information content (AvgIpc) is 2.74. The quantitative estimate of drug-likeness (QED) is 0.759. The number of hydrogen-bond donors (Lipinski definition) is 2. The van der Waals surface area contributed by atoms with Crippen molar-refractivity contribution in [2.24, 2.45) is 0 Å². The van der Waals surface area contributed by atoms with E-state index < -0.39 is 0 Å². The lowest BCUT2D eigenvalue weighted by Gasteiger charge is -2.17. The summed E-state index contributed by atoms with van der Waals surface area (Å²) in [5.74, 6) is 0.563. The van der Waals surface area contributed by atoms with Crippen LogP contribution in [0.4, 0.5) is 5.69 Å². The third-order valence-electron chi connectivity index (χ3n) is 4.02. The number of piperidine rings is 1. The van der Waals surface area contributed by atoms with Crippen LogP contribution in [0.3, 0.4) is 0 Å². The molecular formula is C16H20N2O. The summed E-state index contributed by atoms with van der Waals surface area (Å²) in [5, 5.41) is 6.33. The molecule has 3 rings (SSSR count). The molecule has 0 atom stereocenters. The van der Waals surface area contributed by atoms with Crippen LogP contribution in [-0.2, 0) is 4.79 Å². The lowest BCUT2D eigenvalue weighted by molar-refractivity contribution is -0.110. The number of fused-ring (bicyclic) bond motifs is 1. The van der Waals surface area contributed by atoms with Gasteiger partial charge in [-0.3, -0.25) is 4.79 Å². The summed E-state index contributed by atoms with van der Waals surface area (Å²) in [6.45, 7) is 6.32. The van der Waals surface area contributed by atoms with Gasteiger partial charge in [0, 0.05) is 16.8 Å². The molecule has 100 valence electrons. The molecule has 2 aliphatic heterocycles. The zero-order valence-corrected chi connectivity index (χ0v) is 11.5. The molecule has 0 aromatic heterocycles. The van der Waals surface area contributed by atoms with E-state index in [-0.39, 0.29) is 5.91 Å². The molecule has 3 nitrogen and oxygen atoms in total. The van der Waals surface area contributed by atoms with Crippen molar-refractivity contribution in [1.82, 2.24) is 5.32 Å². The number of hydrogen-bond acceptors (Lipinski definition) is 2. The van der Waals surface area contributed by atoms with E-state index in [1.807, 2.05) is 6.07 Å². The van der Waals surface area contributed by atoms with E-state index in [9.17, 15) is 4.79 Å². The van der Waals surface area contributed by atoms with Gasteiger partial charge in [0.05, 0.1) is 0 Å². The number of carbonyl (C=O) groups excluding carboxylic acids is 1. The third kappa shape index (κ3) is 2.19. The van der Waals surface area contributed by atoms with Crippen LogP contribution in [0.1, 0.15) is 43.7 Å². The molecule has 3 heteroatoms. The summed E-state index contributed by atoms with van der Waals surface area (Å²) in [6, 6.07) is 6.33. The molecule has 0 radical (unpaired) electrons. The van der Waals surface area contributed by atoms with Gasteiger partial charge in [0.25, 0.3) is 5.91 Å². The maximum absolute atomic E-state index is 12.2. The van der Waals surface area contributed by atoms with Gasteiger partial charge in [-0.2, -0.15) is 0 Å². The van der Waals surface area contributed by atoms with Gasteiger partial charge < -0.3 is 10.6 Å². The van der Waals surface area contributed by atoms with Gasteiger partial charge in [-0.05, 0) is 49.5 Å². The maximum atomic E-state index is 12.2. The summed E-state index contributed by atoms with van der Waals surface area (Å²) in [6.07, 6.45) is 1.96. The molecule has 1 amide bonds. The Hall–Kier alpha value is -1.61. The Morgan fingerprint density at radius 2 is 1.89 bits per heavy atom. The first-order valence-corrected chi connectivity index (χ1v) is 7.05. The molecule has 0 bridgehead atoms. The minimum Gasteiger partial charge on any atom is -0.321 e. The van der Waals surface area contributed by atoms with E-state index in [0.717, 1.165) is 42.8 Å². The second-order valence-electron chi connectivity index (χ2n) is 5.64. The van der Waals surface area contributed by atoms with Crippen molar-refractivity contribution in [2.45, 2.75) is 32.6 Å². The average molecular weight is 256 g/mol. The topological polar surface area (TPSA) is 41.1 Å². The highest BCUT2D eigenvalue weighted by molar-refractivity contribution is 6.32. The summed E-state index contributed by atoms with van der Waals surface area (Å²) >= 11 is 0. The fourth-order valence-corrected chi connectivity index (χ4v) is 2.87. The van der Waals surface area contributed by atoms with Gasteiger partial charge in [0.2, 0.25) is 0 Å². The standard InChI is InChI=1S/C16H20N2O/c1-10(2)12-3-4-14-13(9-12)15(16(19)18-14)11-5-7-17-8-6-11/h3-4,9-10,17H,5-8H2,1-2H3,(H,18,19). The molecule has 2 N–H and O–H groups in total. The fraction of sp³-hybridized carbons (Fsp3) is 0.438. The smallest absolute Gasteiger partial charge is 0.256 e. The molecule has 1 aromatic carbocycles. The van der Waals surface area contributed by atoms with Crippen LogP contribution in [0.15, 0.2) is 23.8 Å². The van der Waals surface area contributed by atoms with Crippen molar-refractivity contribution in [2.75, 3.05) is 18.4 Å². The first kappa shape index (κ1) is 12.4. The van der Waals surface area contributed by atoms with Gasteiger partial charge in [-0.25, -0.2) is 0 Å². The fourth-order valence-electron chi connectivity index (χ4n) is 2.87. The molecule has 1 aromatic rings. The van der Waals surface area contributed by atoms with Gasteiger partial charge in [0.1, 0.15) is 0 Å². The van der Waals surface area contributed by atoms with Crippen LogP contribution in [0, 0.1) is 0 Å². The molecule has 19 heavy (non-hydrogen) atoms. The molecule has 0 spiro atoms. The van der Waals surface area contributed by atoms with E-state index in [2.05, 4.69) is 36.6 Å². The minimum absolute atomic E-state index is 0.0767. The molecule has 2 aliphatic rings. The minimum atomic E-state index is 0.0767. The van der Waals surface area contributed by atoms with E-state index in [1.165, 1.54) is 11.1 Å². The van der Waals surface area contributed by atoms with Crippen molar-refractivity contribution in [3.05, 3.63) is 34.9 Å². The monoisotopic (exact) mass is 256 g/mol. The summed E-state index contributed by atoms with van der Waals surface area (Å²) in [7, 11) is 0. The van der Waals surface area contributed by atoms with Crippen molar-refractivity contribution in [3.8, 4) is 0 Å². The molecular weight excluding hydrogens is 236 g/mol. The number of anilines is 1.